The number of carbonyl (C=O) groups excluding carboxylic acids is 2. The quantitative estimate of drug-likeness (QED) is 0.241. The van der Waals surface area contributed by atoms with E-state index in [2.05, 4.69) is 16.3 Å². The molecule has 1 saturated heterocycles. The maximum atomic E-state index is 14.3. The summed E-state index contributed by atoms with van der Waals surface area (Å²) in [6, 6.07) is 4.63. The van der Waals surface area contributed by atoms with E-state index in [4.69, 9.17) is 4.74 Å². The number of nitrogens with one attached hydrogen (secondary N) is 3. The molecule has 4 N–H and O–H groups in total. The number of hydrogen-bond acceptors (Lipinski definition) is 7. The summed E-state index contributed by atoms with van der Waals surface area (Å²) in [6.07, 6.45) is 9.98. The van der Waals surface area contributed by atoms with Crippen molar-refractivity contribution in [3.05, 3.63) is 41.5 Å². The molecule has 8 nitrogen and oxygen atoms in total. The Labute approximate surface area is 212 Å². The Morgan fingerprint density at radius 1 is 1.25 bits per heavy atom. The van der Waals surface area contributed by atoms with Crippen molar-refractivity contribution in [2.24, 2.45) is 11.3 Å². The third-order valence-electron chi connectivity index (χ3n) is 7.80. The van der Waals surface area contributed by atoms with E-state index in [1.54, 1.807) is 12.1 Å². The number of aliphatic hydroxyl groups is 1. The maximum Gasteiger partial charge on any atom is 0.232 e. The number of piperidine rings is 1. The highest BCUT2D eigenvalue weighted by molar-refractivity contribution is 6.00. The summed E-state index contributed by atoms with van der Waals surface area (Å²) in [4.78, 5) is 23.6. The molecule has 3 aliphatic rings. The van der Waals surface area contributed by atoms with Gasteiger partial charge in [-0.25, -0.2) is 4.39 Å². The number of ether oxygens (including phenoxy) is 1. The van der Waals surface area contributed by atoms with Gasteiger partial charge in [-0.2, -0.15) is 0 Å². The van der Waals surface area contributed by atoms with E-state index in [1.165, 1.54) is 6.07 Å². The van der Waals surface area contributed by atoms with Crippen molar-refractivity contribution in [3.8, 4) is 5.75 Å². The highest BCUT2D eigenvalue weighted by Gasteiger charge is 2.38. The summed E-state index contributed by atoms with van der Waals surface area (Å²) in [7, 11) is 0. The summed E-state index contributed by atoms with van der Waals surface area (Å²) in [6.45, 7) is 4.66. The van der Waals surface area contributed by atoms with E-state index in [9.17, 15) is 19.1 Å². The van der Waals surface area contributed by atoms with Gasteiger partial charge in [0.2, 0.25) is 11.8 Å². The van der Waals surface area contributed by atoms with Gasteiger partial charge in [0.25, 0.3) is 0 Å². The Morgan fingerprint density at radius 3 is 2.78 bits per heavy atom. The molecule has 0 aromatic heterocycles. The van der Waals surface area contributed by atoms with Crippen molar-refractivity contribution in [3.63, 3.8) is 0 Å². The molecule has 2 fully saturated rings. The molecule has 2 atom stereocenters. The van der Waals surface area contributed by atoms with Gasteiger partial charge in [0, 0.05) is 23.7 Å². The van der Waals surface area contributed by atoms with E-state index in [0.717, 1.165) is 50.6 Å². The molecule has 0 bridgehead atoms. The molecule has 36 heavy (non-hydrogen) atoms. The summed E-state index contributed by atoms with van der Waals surface area (Å²) >= 11 is 0. The fraction of sp³-hybridized carbons (Fsp3) is 0.630. The first-order valence-corrected chi connectivity index (χ1v) is 13.2. The van der Waals surface area contributed by atoms with E-state index in [0.29, 0.717) is 43.9 Å². The Bertz CT molecular complexity index is 998. The number of halogens is 1. The van der Waals surface area contributed by atoms with E-state index in [1.807, 2.05) is 25.1 Å². The van der Waals surface area contributed by atoms with Crippen LogP contribution in [0.4, 0.5) is 4.39 Å². The molecule has 4 rings (SSSR count). The molecule has 1 aliphatic carbocycles. The van der Waals surface area contributed by atoms with Crippen LogP contribution in [0.25, 0.3) is 0 Å². The largest absolute Gasteiger partial charge is 0.490 e. The topological polar surface area (TPSA) is 103 Å². The summed E-state index contributed by atoms with van der Waals surface area (Å²) in [5.74, 6) is -0.0413. The number of rotatable bonds is 13. The predicted octanol–water partition coefficient (Wildman–Crippen LogP) is 3.77. The monoisotopic (exact) mass is 502 g/mol. The van der Waals surface area contributed by atoms with Crippen LogP contribution in [0.3, 0.4) is 0 Å². The normalized spacial score (nSPS) is 23.7. The average molecular weight is 503 g/mol. The lowest BCUT2D eigenvalue weighted by molar-refractivity contribution is -0.141. The Kier molecular flexibility index (Phi) is 8.20. The molecule has 1 aromatic rings. The lowest BCUT2D eigenvalue weighted by Gasteiger charge is -2.34. The first-order chi connectivity index (χ1) is 17.2. The first-order valence-electron chi connectivity index (χ1n) is 13.2. The van der Waals surface area contributed by atoms with Gasteiger partial charge < -0.3 is 15.3 Å². The van der Waals surface area contributed by atoms with Crippen molar-refractivity contribution >= 4 is 11.8 Å². The number of unbranched alkanes of at least 4 members (excludes halogenated alkanes) is 2. The molecular formula is C27H39FN4O4. The maximum absolute atomic E-state index is 14.3. The van der Waals surface area contributed by atoms with Gasteiger partial charge in [-0.1, -0.05) is 32.8 Å². The summed E-state index contributed by atoms with van der Waals surface area (Å²) in [5.41, 5.74) is 6.11. The van der Waals surface area contributed by atoms with Crippen molar-refractivity contribution in [1.82, 2.24) is 21.3 Å². The third-order valence-corrected chi connectivity index (χ3v) is 7.80. The van der Waals surface area contributed by atoms with Gasteiger partial charge in [0.1, 0.15) is 5.60 Å². The zero-order valence-corrected chi connectivity index (χ0v) is 21.4. The SMILES string of the molecule is CC[C@@](O)(CN1NNC=C1CCCCCC1(C)CCC(=O)NC1=O)c1ccc(F)c(OCC2CC2)c1. The minimum absolute atomic E-state index is 0.155. The second-order valence-electron chi connectivity index (χ2n) is 10.8. The molecule has 2 heterocycles. The molecule has 9 heteroatoms. The van der Waals surface area contributed by atoms with E-state index < -0.39 is 16.8 Å². The van der Waals surface area contributed by atoms with Gasteiger partial charge in [-0.05, 0) is 68.6 Å². The number of allylic oxidation sites excluding steroid dienone is 1. The standard InChI is InChI=1S/C27H39FN4O4/c1-3-27(35,20-10-11-22(28)23(15-20)36-17-19-8-9-19)18-32-21(16-29-31-32)7-5-4-6-13-26(2)14-12-24(33)30-25(26)34/h10-11,15-16,19,29,31,35H,3-9,12-14,17-18H2,1-2H3,(H,30,33,34)/t26?,27-/m1/s1. The van der Waals surface area contributed by atoms with E-state index in [-0.39, 0.29) is 17.6 Å². The Balaban J connectivity index is 1.28. The second kappa shape index (κ2) is 11.2. The highest BCUT2D eigenvalue weighted by Crippen LogP contribution is 2.35. The number of hydrazine groups is 2. The molecule has 2 amide bonds. The van der Waals surface area contributed by atoms with Gasteiger partial charge in [0.15, 0.2) is 11.6 Å². The van der Waals surface area contributed by atoms with Crippen LogP contribution in [0.5, 0.6) is 5.75 Å². The van der Waals surface area contributed by atoms with Gasteiger partial charge >= 0.3 is 0 Å². The number of amides is 2. The van der Waals surface area contributed by atoms with Crippen LogP contribution in [0.1, 0.15) is 83.6 Å². The number of carbonyl (C=O) groups is 2. The molecule has 0 radical (unpaired) electrons. The minimum atomic E-state index is -1.19. The highest BCUT2D eigenvalue weighted by atomic mass is 19.1. The van der Waals surface area contributed by atoms with Crippen LogP contribution in [-0.2, 0) is 15.2 Å². The first kappa shape index (κ1) is 26.4. The summed E-state index contributed by atoms with van der Waals surface area (Å²) < 4.78 is 20.0. The van der Waals surface area contributed by atoms with Crippen LogP contribution in [-0.4, -0.2) is 35.1 Å². The van der Waals surface area contributed by atoms with Gasteiger partial charge in [-0.3, -0.25) is 19.9 Å². The third kappa shape index (κ3) is 6.37. The van der Waals surface area contributed by atoms with Crippen LogP contribution < -0.4 is 21.0 Å². The van der Waals surface area contributed by atoms with Crippen LogP contribution >= 0.6 is 0 Å². The predicted molar refractivity (Wildman–Crippen MR) is 133 cm³/mol. The number of hydrogen-bond donors (Lipinski definition) is 4. The van der Waals surface area contributed by atoms with Crippen molar-refractivity contribution in [1.29, 1.82) is 0 Å². The number of nitrogens with zero attached hydrogens (tertiary/aromatic N) is 1. The fourth-order valence-electron chi connectivity index (χ4n) is 4.84. The van der Waals surface area contributed by atoms with Crippen molar-refractivity contribution in [2.45, 2.75) is 83.7 Å². The average Bonchev–Trinajstić information content (AvgIpc) is 3.59. The Morgan fingerprint density at radius 2 is 2.06 bits per heavy atom. The van der Waals surface area contributed by atoms with Crippen LogP contribution in [0, 0.1) is 17.2 Å². The van der Waals surface area contributed by atoms with Crippen LogP contribution in [0.15, 0.2) is 30.1 Å². The van der Waals surface area contributed by atoms with Gasteiger partial charge in [-0.15, -0.1) is 5.53 Å². The van der Waals surface area contributed by atoms with Gasteiger partial charge in [0.05, 0.1) is 13.2 Å². The Hall–Kier alpha value is -2.65. The smallest absolute Gasteiger partial charge is 0.232 e. The minimum Gasteiger partial charge on any atom is -0.490 e. The summed E-state index contributed by atoms with van der Waals surface area (Å²) in [5, 5.41) is 15.9. The molecule has 2 aliphatic heterocycles. The molecule has 0 spiro atoms. The number of β-amino-alcohol motifs (C(OH)–C–C–N with tert-alkyl or cyclic N) is 1. The molecule has 198 valence electrons. The molecule has 1 unspecified atom stereocenters. The lowest BCUT2D eigenvalue weighted by Crippen LogP contribution is -2.47. The zero-order valence-electron chi connectivity index (χ0n) is 21.4. The number of imide groups is 1. The van der Waals surface area contributed by atoms with Crippen molar-refractivity contribution in [2.75, 3.05) is 13.2 Å². The number of benzene rings is 1. The molecule has 1 saturated carbocycles. The van der Waals surface area contributed by atoms with Crippen LogP contribution in [0.2, 0.25) is 0 Å². The molecule has 1 aromatic carbocycles. The van der Waals surface area contributed by atoms with E-state index >= 15 is 0 Å². The van der Waals surface area contributed by atoms with Crippen molar-refractivity contribution < 1.29 is 23.8 Å². The second-order valence-corrected chi connectivity index (χ2v) is 10.8. The zero-order chi connectivity index (χ0) is 25.8. The fourth-order valence-corrected chi connectivity index (χ4v) is 4.84. The lowest BCUT2D eigenvalue weighted by atomic mass is 9.77. The molecular weight excluding hydrogens is 463 g/mol.